The van der Waals surface area contributed by atoms with Crippen molar-refractivity contribution in [2.45, 2.75) is 30.7 Å². The van der Waals surface area contributed by atoms with Gasteiger partial charge in [0.1, 0.15) is 35.9 Å². The fourth-order valence-corrected chi connectivity index (χ4v) is 3.55. The second kappa shape index (κ2) is 11.4. The molecule has 0 aromatic heterocycles. The molecule has 5 atom stereocenters. The molecule has 1 aliphatic heterocycles. The largest absolute Gasteiger partial charge is 0.497 e. The quantitative estimate of drug-likeness (QED) is 0.388. The van der Waals surface area contributed by atoms with E-state index in [1.807, 2.05) is 0 Å². The SMILES string of the molecule is COc1ccc(/C=C/c2cc(OC)c(OC)c(OC)c2)c(O[C@@H]2O[C@H](CO)[C@@H](O)[C@H](O)[C@H]2O)c1. The Hall–Kier alpha value is -3.02. The monoisotopic (exact) mass is 478 g/mol. The minimum absolute atomic E-state index is 0.285. The highest BCUT2D eigenvalue weighted by Gasteiger charge is 2.44. The van der Waals surface area contributed by atoms with Gasteiger partial charge in [0.05, 0.1) is 35.0 Å². The van der Waals surface area contributed by atoms with Gasteiger partial charge in [0, 0.05) is 11.6 Å². The van der Waals surface area contributed by atoms with Crippen molar-refractivity contribution in [2.75, 3.05) is 35.0 Å². The van der Waals surface area contributed by atoms with Crippen LogP contribution in [0.25, 0.3) is 12.2 Å². The third-order valence-corrected chi connectivity index (χ3v) is 5.45. The molecular formula is C24H30O10. The Balaban J connectivity index is 1.93. The van der Waals surface area contributed by atoms with Crippen molar-refractivity contribution >= 4 is 12.2 Å². The number of ether oxygens (including phenoxy) is 6. The summed E-state index contributed by atoms with van der Waals surface area (Å²) in [4.78, 5) is 0. The number of hydrogen-bond donors (Lipinski definition) is 4. The Labute approximate surface area is 197 Å². The van der Waals surface area contributed by atoms with E-state index in [0.717, 1.165) is 5.56 Å². The number of aliphatic hydroxyl groups excluding tert-OH is 4. The number of hydrogen-bond acceptors (Lipinski definition) is 10. The van der Waals surface area contributed by atoms with Gasteiger partial charge in [-0.2, -0.15) is 0 Å². The van der Waals surface area contributed by atoms with E-state index in [1.54, 1.807) is 42.5 Å². The van der Waals surface area contributed by atoms with Crippen LogP contribution >= 0.6 is 0 Å². The molecule has 3 rings (SSSR count). The van der Waals surface area contributed by atoms with Gasteiger partial charge in [-0.1, -0.05) is 12.2 Å². The molecule has 2 aromatic carbocycles. The normalized spacial score (nSPS) is 24.6. The summed E-state index contributed by atoms with van der Waals surface area (Å²) in [7, 11) is 6.08. The molecule has 4 N–H and O–H groups in total. The van der Waals surface area contributed by atoms with Crippen molar-refractivity contribution in [3.05, 3.63) is 41.5 Å². The Morgan fingerprint density at radius 2 is 1.47 bits per heavy atom. The molecule has 186 valence electrons. The lowest BCUT2D eigenvalue weighted by atomic mass is 9.99. The minimum atomic E-state index is -1.56. The van der Waals surface area contributed by atoms with E-state index in [9.17, 15) is 20.4 Å². The maximum absolute atomic E-state index is 10.3. The van der Waals surface area contributed by atoms with Crippen LogP contribution in [0.5, 0.6) is 28.7 Å². The summed E-state index contributed by atoms with van der Waals surface area (Å²) in [5.41, 5.74) is 1.36. The average molecular weight is 478 g/mol. The summed E-state index contributed by atoms with van der Waals surface area (Å²) < 4.78 is 32.7. The molecule has 2 aromatic rings. The van der Waals surface area contributed by atoms with Crippen molar-refractivity contribution in [3.8, 4) is 28.7 Å². The van der Waals surface area contributed by atoms with Gasteiger partial charge in [0.15, 0.2) is 11.5 Å². The van der Waals surface area contributed by atoms with Gasteiger partial charge in [-0.25, -0.2) is 0 Å². The molecule has 10 heteroatoms. The molecule has 1 aliphatic rings. The van der Waals surface area contributed by atoms with E-state index < -0.39 is 37.3 Å². The maximum Gasteiger partial charge on any atom is 0.229 e. The first-order chi connectivity index (χ1) is 16.4. The smallest absolute Gasteiger partial charge is 0.229 e. The second-order valence-corrected chi connectivity index (χ2v) is 7.51. The fourth-order valence-electron chi connectivity index (χ4n) is 3.55. The van der Waals surface area contributed by atoms with Gasteiger partial charge in [-0.3, -0.25) is 0 Å². The third-order valence-electron chi connectivity index (χ3n) is 5.45. The molecule has 0 amide bonds. The number of benzene rings is 2. The molecule has 0 aliphatic carbocycles. The Morgan fingerprint density at radius 1 is 0.794 bits per heavy atom. The highest BCUT2D eigenvalue weighted by atomic mass is 16.7. The predicted octanol–water partition coefficient (Wildman–Crippen LogP) is 1.07. The first kappa shape index (κ1) is 25.6. The molecule has 1 saturated heterocycles. The minimum Gasteiger partial charge on any atom is -0.497 e. The summed E-state index contributed by atoms with van der Waals surface area (Å²) in [6.45, 7) is -0.559. The van der Waals surface area contributed by atoms with Crippen LogP contribution in [0.15, 0.2) is 30.3 Å². The fraction of sp³-hybridized carbons (Fsp3) is 0.417. The molecule has 34 heavy (non-hydrogen) atoms. The number of rotatable bonds is 9. The molecule has 0 radical (unpaired) electrons. The van der Waals surface area contributed by atoms with Crippen LogP contribution in [-0.2, 0) is 4.74 Å². The topological polar surface area (TPSA) is 136 Å². The number of methoxy groups -OCH3 is 4. The van der Waals surface area contributed by atoms with E-state index in [2.05, 4.69) is 0 Å². The van der Waals surface area contributed by atoms with Crippen LogP contribution in [0.1, 0.15) is 11.1 Å². The summed E-state index contributed by atoms with van der Waals surface area (Å²) in [5, 5.41) is 39.8. The van der Waals surface area contributed by atoms with Crippen LogP contribution in [0.4, 0.5) is 0 Å². The van der Waals surface area contributed by atoms with Crippen molar-refractivity contribution in [3.63, 3.8) is 0 Å². The lowest BCUT2D eigenvalue weighted by molar-refractivity contribution is -0.277. The van der Waals surface area contributed by atoms with Crippen molar-refractivity contribution in [2.24, 2.45) is 0 Å². The highest BCUT2D eigenvalue weighted by molar-refractivity contribution is 5.75. The zero-order valence-corrected chi connectivity index (χ0v) is 19.4. The van der Waals surface area contributed by atoms with Gasteiger partial charge in [0.25, 0.3) is 0 Å². The zero-order chi connectivity index (χ0) is 24.8. The molecule has 1 heterocycles. The van der Waals surface area contributed by atoms with E-state index >= 15 is 0 Å². The van der Waals surface area contributed by atoms with Gasteiger partial charge >= 0.3 is 0 Å². The molecule has 0 spiro atoms. The standard InChI is InChI=1S/C24H30O10/c1-29-15-8-7-14(6-5-13-9-17(30-2)23(32-4)18(10-13)31-3)16(11-15)33-24-22(28)21(27)20(26)19(12-25)34-24/h5-11,19-22,24-28H,12H2,1-4H3/b6-5+/t19-,20-,21+,22-,24-/m1/s1. The first-order valence-corrected chi connectivity index (χ1v) is 10.5. The predicted molar refractivity (Wildman–Crippen MR) is 122 cm³/mol. The van der Waals surface area contributed by atoms with Crippen LogP contribution < -0.4 is 23.7 Å². The van der Waals surface area contributed by atoms with Crippen LogP contribution in [0, 0.1) is 0 Å². The second-order valence-electron chi connectivity index (χ2n) is 7.51. The average Bonchev–Trinajstić information content (AvgIpc) is 2.87. The van der Waals surface area contributed by atoms with Gasteiger partial charge in [-0.05, 0) is 29.8 Å². The third kappa shape index (κ3) is 5.37. The molecule has 0 saturated carbocycles. The molecule has 0 unspecified atom stereocenters. The van der Waals surface area contributed by atoms with E-state index in [0.29, 0.717) is 28.6 Å². The van der Waals surface area contributed by atoms with Crippen LogP contribution in [-0.4, -0.2) is 86.2 Å². The maximum atomic E-state index is 10.3. The molecule has 0 bridgehead atoms. The molecule has 10 nitrogen and oxygen atoms in total. The Bertz CT molecular complexity index is 965. The van der Waals surface area contributed by atoms with Crippen LogP contribution in [0.2, 0.25) is 0 Å². The molecular weight excluding hydrogens is 448 g/mol. The van der Waals surface area contributed by atoms with Gasteiger partial charge in [0.2, 0.25) is 12.0 Å². The van der Waals surface area contributed by atoms with E-state index in [1.165, 1.54) is 28.4 Å². The van der Waals surface area contributed by atoms with Gasteiger partial charge in [-0.15, -0.1) is 0 Å². The molecule has 1 fully saturated rings. The highest BCUT2D eigenvalue weighted by Crippen LogP contribution is 2.39. The van der Waals surface area contributed by atoms with Crippen molar-refractivity contribution in [1.82, 2.24) is 0 Å². The Morgan fingerprint density at radius 3 is 2.03 bits per heavy atom. The van der Waals surface area contributed by atoms with Gasteiger partial charge < -0.3 is 48.8 Å². The van der Waals surface area contributed by atoms with Crippen molar-refractivity contribution in [1.29, 1.82) is 0 Å². The lowest BCUT2D eigenvalue weighted by Crippen LogP contribution is -2.60. The zero-order valence-electron chi connectivity index (χ0n) is 19.4. The Kier molecular flexibility index (Phi) is 8.59. The number of aliphatic hydroxyl groups is 4. The lowest BCUT2D eigenvalue weighted by Gasteiger charge is -2.39. The van der Waals surface area contributed by atoms with E-state index in [4.69, 9.17) is 28.4 Å². The summed E-state index contributed by atoms with van der Waals surface area (Å²) in [6.07, 6.45) is -3.45. The van der Waals surface area contributed by atoms with Crippen molar-refractivity contribution < 1.29 is 48.8 Å². The van der Waals surface area contributed by atoms with E-state index in [-0.39, 0.29) is 5.75 Å². The summed E-state index contributed by atoms with van der Waals surface area (Å²) >= 11 is 0. The summed E-state index contributed by atoms with van der Waals surface area (Å²) in [5.74, 6) is 2.23. The van der Waals surface area contributed by atoms with Crippen LogP contribution in [0.3, 0.4) is 0 Å². The summed E-state index contributed by atoms with van der Waals surface area (Å²) in [6, 6.07) is 8.62. The first-order valence-electron chi connectivity index (χ1n) is 10.5.